The molecule has 0 aromatic heterocycles. The summed E-state index contributed by atoms with van der Waals surface area (Å²) < 4.78 is 4.85. The van der Waals surface area contributed by atoms with Crippen LogP contribution in [0, 0.1) is 18.2 Å². The number of halogens is 1. The summed E-state index contributed by atoms with van der Waals surface area (Å²) in [6.07, 6.45) is -3.82. The number of ether oxygens (including phenoxy) is 1. The minimum Gasteiger partial charge on any atom is -0.388 e. The van der Waals surface area contributed by atoms with Crippen molar-refractivity contribution < 1.29 is 14.9 Å². The zero-order valence-electron chi connectivity index (χ0n) is 5.57. The molecule has 3 nitrogen and oxygen atoms in total. The van der Waals surface area contributed by atoms with Gasteiger partial charge in [-0.3, -0.25) is 0 Å². The van der Waals surface area contributed by atoms with Crippen molar-refractivity contribution in [2.24, 2.45) is 0 Å². The maximum absolute atomic E-state index is 9.14. The Morgan fingerprint density at radius 3 is 2.36 bits per heavy atom. The van der Waals surface area contributed by atoms with Crippen molar-refractivity contribution in [2.75, 3.05) is 0 Å². The Bertz CT molecular complexity index is 196. The summed E-state index contributed by atoms with van der Waals surface area (Å²) in [5.74, 6) is 2.36. The summed E-state index contributed by atoms with van der Waals surface area (Å²) in [5.41, 5.74) is 0. The first-order valence-corrected chi connectivity index (χ1v) is 3.43. The standard InChI is InChI=1S/C7H7ClO3/c1-4-6(9)7(10)5(11-4)2-3-8/h1,4-7,9-10H/t4-,5+,6?,7-/m0/s1. The van der Waals surface area contributed by atoms with Crippen molar-refractivity contribution in [1.82, 2.24) is 0 Å². The van der Waals surface area contributed by atoms with Crippen molar-refractivity contribution in [1.29, 1.82) is 0 Å². The van der Waals surface area contributed by atoms with E-state index in [1.807, 2.05) is 0 Å². The normalized spacial score (nSPS) is 43.3. The summed E-state index contributed by atoms with van der Waals surface area (Å²) in [6.45, 7) is 5.25. The van der Waals surface area contributed by atoms with E-state index in [-0.39, 0.29) is 0 Å². The van der Waals surface area contributed by atoms with Crippen LogP contribution in [0.2, 0.25) is 0 Å². The minimum absolute atomic E-state index is 0.780. The van der Waals surface area contributed by atoms with Crippen molar-refractivity contribution >= 4 is 11.6 Å². The molecule has 2 radical (unpaired) electrons. The molecule has 2 N–H and O–H groups in total. The summed E-state index contributed by atoms with van der Waals surface area (Å²) >= 11 is 5.07. The van der Waals surface area contributed by atoms with Crippen LogP contribution in [0.1, 0.15) is 0 Å². The van der Waals surface area contributed by atoms with Crippen LogP contribution in [0.5, 0.6) is 0 Å². The van der Waals surface area contributed by atoms with Gasteiger partial charge in [0.25, 0.3) is 0 Å². The summed E-state index contributed by atoms with van der Waals surface area (Å²) in [5, 5.41) is 20.2. The van der Waals surface area contributed by atoms with Gasteiger partial charge in [0, 0.05) is 5.38 Å². The molecule has 4 atom stereocenters. The second kappa shape index (κ2) is 3.42. The van der Waals surface area contributed by atoms with E-state index < -0.39 is 24.4 Å². The van der Waals surface area contributed by atoms with Gasteiger partial charge in [0.15, 0.2) is 0 Å². The van der Waals surface area contributed by atoms with Gasteiger partial charge in [0.2, 0.25) is 0 Å². The molecule has 0 saturated carbocycles. The fourth-order valence-electron chi connectivity index (χ4n) is 0.877. The molecule has 1 aliphatic rings. The van der Waals surface area contributed by atoms with Crippen LogP contribution in [-0.4, -0.2) is 34.6 Å². The lowest BCUT2D eigenvalue weighted by atomic mass is 10.1. The highest BCUT2D eigenvalue weighted by Gasteiger charge is 2.39. The Hall–Kier alpha value is -0.270. The molecule has 0 spiro atoms. The second-order valence-electron chi connectivity index (χ2n) is 2.24. The monoisotopic (exact) mass is 174 g/mol. The van der Waals surface area contributed by atoms with Gasteiger partial charge in [0.1, 0.15) is 18.3 Å². The number of rotatable bonds is 0. The fourth-order valence-corrected chi connectivity index (χ4v) is 0.984. The molecular formula is C7H7ClO3. The maximum atomic E-state index is 9.14. The Kier molecular flexibility index (Phi) is 2.74. The molecular weight excluding hydrogens is 168 g/mol. The first kappa shape index (κ1) is 8.82. The Labute approximate surface area is 69.9 Å². The van der Waals surface area contributed by atoms with Gasteiger partial charge in [-0.1, -0.05) is 5.92 Å². The molecule has 1 unspecified atom stereocenters. The molecule has 0 aromatic rings. The van der Waals surface area contributed by atoms with E-state index in [9.17, 15) is 0 Å². The predicted molar refractivity (Wildman–Crippen MR) is 38.6 cm³/mol. The van der Waals surface area contributed by atoms with Crippen LogP contribution in [0.25, 0.3) is 0 Å². The van der Waals surface area contributed by atoms with Crippen LogP contribution >= 0.6 is 11.6 Å². The number of hydrogen-bond acceptors (Lipinski definition) is 3. The van der Waals surface area contributed by atoms with Gasteiger partial charge in [-0.05, 0) is 18.5 Å². The van der Waals surface area contributed by atoms with Crippen LogP contribution in [0.15, 0.2) is 0 Å². The van der Waals surface area contributed by atoms with Gasteiger partial charge in [-0.2, -0.15) is 0 Å². The van der Waals surface area contributed by atoms with E-state index in [1.54, 1.807) is 0 Å². The maximum Gasteiger partial charge on any atom is 0.148 e. The Morgan fingerprint density at radius 2 is 2.00 bits per heavy atom. The van der Waals surface area contributed by atoms with E-state index in [2.05, 4.69) is 11.3 Å². The van der Waals surface area contributed by atoms with E-state index in [4.69, 9.17) is 33.5 Å². The van der Waals surface area contributed by atoms with E-state index in [0.29, 0.717) is 0 Å². The van der Waals surface area contributed by atoms with E-state index in [0.717, 1.165) is 0 Å². The highest BCUT2D eigenvalue weighted by atomic mass is 35.5. The summed E-state index contributed by atoms with van der Waals surface area (Å²) in [7, 11) is 0. The Balaban J connectivity index is 2.64. The molecule has 0 amide bonds. The van der Waals surface area contributed by atoms with E-state index >= 15 is 0 Å². The highest BCUT2D eigenvalue weighted by molar-refractivity contribution is 6.30. The first-order chi connectivity index (χ1) is 5.16. The smallest absolute Gasteiger partial charge is 0.148 e. The van der Waals surface area contributed by atoms with Crippen LogP contribution in [-0.2, 0) is 4.74 Å². The molecule has 1 heterocycles. The van der Waals surface area contributed by atoms with Crippen molar-refractivity contribution in [3.8, 4) is 11.3 Å². The lowest BCUT2D eigenvalue weighted by Crippen LogP contribution is -2.30. The fraction of sp³-hybridized carbons (Fsp3) is 0.571. The molecule has 1 aliphatic heterocycles. The molecule has 0 aliphatic carbocycles. The molecule has 4 heteroatoms. The van der Waals surface area contributed by atoms with Crippen molar-refractivity contribution in [3.63, 3.8) is 0 Å². The first-order valence-electron chi connectivity index (χ1n) is 3.05. The lowest BCUT2D eigenvalue weighted by molar-refractivity contribution is 0.0397. The number of aliphatic hydroxyl groups is 2. The Morgan fingerprint density at radius 1 is 1.36 bits per heavy atom. The van der Waals surface area contributed by atoms with Gasteiger partial charge in [-0.15, -0.1) is 0 Å². The lowest BCUT2D eigenvalue weighted by Gasteiger charge is -2.07. The molecule has 0 aromatic carbocycles. The second-order valence-corrected chi connectivity index (χ2v) is 2.43. The SMILES string of the molecule is [CH][C@@H]1O[C@H](C#CCl)[C@H](O)C1O. The topological polar surface area (TPSA) is 49.7 Å². The molecule has 1 saturated heterocycles. The third-order valence-electron chi connectivity index (χ3n) is 1.50. The van der Waals surface area contributed by atoms with Crippen LogP contribution in [0.3, 0.4) is 0 Å². The summed E-state index contributed by atoms with van der Waals surface area (Å²) in [6, 6.07) is 0. The number of aliphatic hydroxyl groups excluding tert-OH is 2. The third kappa shape index (κ3) is 1.66. The summed E-state index contributed by atoms with van der Waals surface area (Å²) in [4.78, 5) is 0. The van der Waals surface area contributed by atoms with Gasteiger partial charge < -0.3 is 14.9 Å². The zero-order chi connectivity index (χ0) is 8.43. The molecule has 1 fully saturated rings. The average molecular weight is 175 g/mol. The van der Waals surface area contributed by atoms with Gasteiger partial charge in [-0.25, -0.2) is 0 Å². The minimum atomic E-state index is -1.09. The molecule has 11 heavy (non-hydrogen) atoms. The number of hydrogen-bond donors (Lipinski definition) is 2. The van der Waals surface area contributed by atoms with Crippen molar-refractivity contribution in [2.45, 2.75) is 24.4 Å². The molecule has 1 rings (SSSR count). The van der Waals surface area contributed by atoms with E-state index in [1.165, 1.54) is 0 Å². The third-order valence-corrected chi connectivity index (χ3v) is 1.61. The van der Waals surface area contributed by atoms with Crippen molar-refractivity contribution in [3.05, 3.63) is 6.92 Å². The average Bonchev–Trinajstić information content (AvgIpc) is 2.19. The predicted octanol–water partition coefficient (Wildman–Crippen LogP) is -0.614. The zero-order valence-corrected chi connectivity index (χ0v) is 6.32. The molecule has 60 valence electrons. The van der Waals surface area contributed by atoms with Gasteiger partial charge in [0.05, 0.1) is 6.10 Å². The van der Waals surface area contributed by atoms with Crippen LogP contribution in [0.4, 0.5) is 0 Å². The largest absolute Gasteiger partial charge is 0.388 e. The van der Waals surface area contributed by atoms with Gasteiger partial charge >= 0.3 is 0 Å². The quantitative estimate of drug-likeness (QED) is 0.482. The van der Waals surface area contributed by atoms with Crippen LogP contribution < -0.4 is 0 Å². The highest BCUT2D eigenvalue weighted by Crippen LogP contribution is 2.19. The molecule has 0 bridgehead atoms.